The van der Waals surface area contributed by atoms with Crippen LogP contribution >= 0.6 is 23.2 Å². The molecule has 1 aliphatic rings. The average Bonchev–Trinajstić information content (AvgIpc) is 2.27. The molecule has 0 aromatic heterocycles. The summed E-state index contributed by atoms with van der Waals surface area (Å²) >= 11 is 12.1. The second kappa shape index (κ2) is 5.37. The number of benzene rings is 1. The number of rotatable bonds is 2. The summed E-state index contributed by atoms with van der Waals surface area (Å²) < 4.78 is 13.5. The highest BCUT2D eigenvalue weighted by atomic mass is 35.5. The van der Waals surface area contributed by atoms with Gasteiger partial charge in [0.05, 0.1) is 0 Å². The highest BCUT2D eigenvalue weighted by molar-refractivity contribution is 6.30. The summed E-state index contributed by atoms with van der Waals surface area (Å²) in [6.45, 7) is 0. The van der Waals surface area contributed by atoms with Gasteiger partial charge >= 0.3 is 0 Å². The van der Waals surface area contributed by atoms with Gasteiger partial charge in [0.1, 0.15) is 5.82 Å². The van der Waals surface area contributed by atoms with E-state index < -0.39 is 0 Å². The Balaban J connectivity index is 2.10. The molecule has 2 unspecified atom stereocenters. The van der Waals surface area contributed by atoms with Crippen LogP contribution < -0.4 is 0 Å². The van der Waals surface area contributed by atoms with Gasteiger partial charge in [-0.1, -0.05) is 24.4 Å². The third-order valence-corrected chi connectivity index (χ3v) is 4.12. The molecule has 0 heterocycles. The number of hydrogen-bond donors (Lipinski definition) is 0. The predicted octanol–water partition coefficient (Wildman–Crippen LogP) is 4.82. The first-order valence-electron chi connectivity index (χ1n) is 5.75. The van der Waals surface area contributed by atoms with Gasteiger partial charge < -0.3 is 0 Å². The Hall–Kier alpha value is -0.270. The normalized spacial score (nSPS) is 25.7. The van der Waals surface area contributed by atoms with Crippen LogP contribution in [0.1, 0.15) is 31.2 Å². The van der Waals surface area contributed by atoms with Gasteiger partial charge in [-0.15, -0.1) is 11.6 Å². The number of halogens is 3. The van der Waals surface area contributed by atoms with Crippen LogP contribution in [0.5, 0.6) is 0 Å². The van der Waals surface area contributed by atoms with Crippen molar-refractivity contribution >= 4 is 23.2 Å². The summed E-state index contributed by atoms with van der Waals surface area (Å²) in [5.41, 5.74) is 0.699. The first-order valence-corrected chi connectivity index (χ1v) is 6.56. The van der Waals surface area contributed by atoms with E-state index >= 15 is 0 Å². The van der Waals surface area contributed by atoms with Crippen molar-refractivity contribution in [2.45, 2.75) is 37.5 Å². The first-order chi connectivity index (χ1) is 7.66. The molecule has 0 spiro atoms. The van der Waals surface area contributed by atoms with E-state index in [1.807, 2.05) is 0 Å². The fourth-order valence-electron chi connectivity index (χ4n) is 2.37. The van der Waals surface area contributed by atoms with E-state index in [0.29, 0.717) is 22.9 Å². The van der Waals surface area contributed by atoms with Crippen LogP contribution in [0.3, 0.4) is 0 Å². The molecule has 88 valence electrons. The molecule has 0 saturated heterocycles. The minimum absolute atomic E-state index is 0.168. The fourth-order valence-corrected chi connectivity index (χ4v) is 2.94. The van der Waals surface area contributed by atoms with Crippen LogP contribution in [0.25, 0.3) is 0 Å². The average molecular weight is 261 g/mol. The van der Waals surface area contributed by atoms with Crippen LogP contribution in [0.15, 0.2) is 18.2 Å². The summed E-state index contributed by atoms with van der Waals surface area (Å²) in [5.74, 6) is 0.224. The highest BCUT2D eigenvalue weighted by Gasteiger charge is 2.24. The zero-order valence-corrected chi connectivity index (χ0v) is 10.6. The zero-order valence-electron chi connectivity index (χ0n) is 9.06. The van der Waals surface area contributed by atoms with Gasteiger partial charge in [0, 0.05) is 10.4 Å². The van der Waals surface area contributed by atoms with Gasteiger partial charge in [-0.3, -0.25) is 0 Å². The monoisotopic (exact) mass is 260 g/mol. The molecule has 1 aromatic rings. The van der Waals surface area contributed by atoms with Crippen molar-refractivity contribution in [3.8, 4) is 0 Å². The Morgan fingerprint density at radius 1 is 1.25 bits per heavy atom. The molecule has 16 heavy (non-hydrogen) atoms. The summed E-state index contributed by atoms with van der Waals surface area (Å²) in [5, 5.41) is 0.783. The molecule has 1 aliphatic carbocycles. The van der Waals surface area contributed by atoms with E-state index in [4.69, 9.17) is 23.2 Å². The number of hydrogen-bond acceptors (Lipinski definition) is 0. The molecule has 0 nitrogen and oxygen atoms in total. The molecular formula is C13H15Cl2F. The lowest BCUT2D eigenvalue weighted by molar-refractivity contribution is 0.360. The summed E-state index contributed by atoms with van der Waals surface area (Å²) in [7, 11) is 0. The predicted molar refractivity (Wildman–Crippen MR) is 66.7 cm³/mol. The Kier molecular flexibility index (Phi) is 4.10. The second-order valence-electron chi connectivity index (χ2n) is 4.50. The van der Waals surface area contributed by atoms with Gasteiger partial charge in [-0.2, -0.15) is 0 Å². The van der Waals surface area contributed by atoms with Crippen molar-refractivity contribution in [3.63, 3.8) is 0 Å². The van der Waals surface area contributed by atoms with E-state index in [0.717, 1.165) is 12.8 Å². The van der Waals surface area contributed by atoms with Crippen LogP contribution in [0.4, 0.5) is 4.39 Å². The molecule has 3 heteroatoms. The molecule has 0 radical (unpaired) electrons. The summed E-state index contributed by atoms with van der Waals surface area (Å²) in [6, 6.07) is 4.73. The van der Waals surface area contributed by atoms with Crippen molar-refractivity contribution in [2.75, 3.05) is 0 Å². The van der Waals surface area contributed by atoms with Crippen LogP contribution in [-0.2, 0) is 6.42 Å². The Morgan fingerprint density at radius 2 is 2.00 bits per heavy atom. The maximum absolute atomic E-state index is 13.5. The molecule has 1 saturated carbocycles. The first kappa shape index (κ1) is 12.2. The van der Waals surface area contributed by atoms with Gasteiger partial charge in [-0.25, -0.2) is 4.39 Å². The van der Waals surface area contributed by atoms with Crippen molar-refractivity contribution in [1.29, 1.82) is 0 Å². The maximum Gasteiger partial charge on any atom is 0.126 e. The van der Waals surface area contributed by atoms with Crippen LogP contribution in [0, 0.1) is 11.7 Å². The van der Waals surface area contributed by atoms with E-state index in [1.165, 1.54) is 18.9 Å². The van der Waals surface area contributed by atoms with Crippen LogP contribution in [-0.4, -0.2) is 5.38 Å². The lowest BCUT2D eigenvalue weighted by Gasteiger charge is -2.27. The van der Waals surface area contributed by atoms with E-state index in [2.05, 4.69) is 0 Å². The van der Waals surface area contributed by atoms with Crippen LogP contribution in [0.2, 0.25) is 5.02 Å². The molecule has 2 rings (SSSR count). The van der Waals surface area contributed by atoms with Gasteiger partial charge in [-0.05, 0) is 48.9 Å². The molecule has 2 atom stereocenters. The minimum Gasteiger partial charge on any atom is -0.207 e. The van der Waals surface area contributed by atoms with E-state index in [-0.39, 0.29) is 11.2 Å². The Bertz CT molecular complexity index is 365. The molecule has 1 aromatic carbocycles. The molecule has 0 aliphatic heterocycles. The topological polar surface area (TPSA) is 0 Å². The maximum atomic E-state index is 13.5. The van der Waals surface area contributed by atoms with Crippen molar-refractivity contribution in [3.05, 3.63) is 34.6 Å². The number of alkyl halides is 1. The minimum atomic E-state index is -0.168. The third kappa shape index (κ3) is 2.89. The van der Waals surface area contributed by atoms with Crippen molar-refractivity contribution in [1.82, 2.24) is 0 Å². The van der Waals surface area contributed by atoms with Crippen molar-refractivity contribution < 1.29 is 4.39 Å². The van der Waals surface area contributed by atoms with Gasteiger partial charge in [0.15, 0.2) is 0 Å². The lowest BCUT2D eigenvalue weighted by atomic mass is 9.84. The second-order valence-corrected chi connectivity index (χ2v) is 5.50. The third-order valence-electron chi connectivity index (χ3n) is 3.31. The van der Waals surface area contributed by atoms with Gasteiger partial charge in [0.25, 0.3) is 0 Å². The van der Waals surface area contributed by atoms with E-state index in [1.54, 1.807) is 12.1 Å². The quantitative estimate of drug-likeness (QED) is 0.669. The van der Waals surface area contributed by atoms with E-state index in [9.17, 15) is 4.39 Å². The Morgan fingerprint density at radius 3 is 2.75 bits per heavy atom. The summed E-state index contributed by atoms with van der Waals surface area (Å²) in [4.78, 5) is 0. The largest absolute Gasteiger partial charge is 0.207 e. The lowest BCUT2D eigenvalue weighted by Crippen LogP contribution is -2.22. The smallest absolute Gasteiger partial charge is 0.126 e. The fraction of sp³-hybridized carbons (Fsp3) is 0.538. The molecular weight excluding hydrogens is 246 g/mol. The molecule has 0 N–H and O–H groups in total. The Labute approximate surface area is 106 Å². The standard InChI is InChI=1S/C13H15Cl2F/c14-11-5-6-13(16)10(8-11)7-9-3-1-2-4-12(9)15/h5-6,8-9,12H,1-4,7H2. The van der Waals surface area contributed by atoms with Gasteiger partial charge in [0.2, 0.25) is 0 Å². The molecule has 1 fully saturated rings. The highest BCUT2D eigenvalue weighted by Crippen LogP contribution is 2.32. The summed E-state index contributed by atoms with van der Waals surface area (Å²) in [6.07, 6.45) is 5.26. The molecule has 0 bridgehead atoms. The molecule has 0 amide bonds. The SMILES string of the molecule is Fc1ccc(Cl)cc1CC1CCCCC1Cl. The zero-order chi connectivity index (χ0) is 11.5. The van der Waals surface area contributed by atoms with Crippen molar-refractivity contribution in [2.24, 2.45) is 5.92 Å².